The average Bonchev–Trinajstić information content (AvgIpc) is 3.12. The van der Waals surface area contributed by atoms with E-state index in [9.17, 15) is 19.5 Å². The molecule has 6 nitrogen and oxygen atoms in total. The van der Waals surface area contributed by atoms with Gasteiger partial charge >= 0.3 is 11.9 Å². The van der Waals surface area contributed by atoms with E-state index < -0.39 is 0 Å². The summed E-state index contributed by atoms with van der Waals surface area (Å²) in [6, 6.07) is 0. The first kappa shape index (κ1) is 28.3. The Morgan fingerprint density at radius 3 is 2.41 bits per heavy atom. The van der Waals surface area contributed by atoms with E-state index in [2.05, 4.69) is 19.9 Å². The summed E-state index contributed by atoms with van der Waals surface area (Å²) in [5, 5.41) is 9.41. The summed E-state index contributed by atoms with van der Waals surface area (Å²) in [4.78, 5) is 37.1. The SMILES string of the molecule is CC(=O)O[C@H]1CC[C@@]2(C)C(=CCC3C4C[C@H](OC(C)=O)C([C@H](C)C(=O)CC[C@@H](C)CO)[C@@]4(C)CC[C@@H]32)C1. The van der Waals surface area contributed by atoms with Gasteiger partial charge in [-0.25, -0.2) is 0 Å². The Kier molecular flexibility index (Phi) is 8.28. The molecule has 0 saturated heterocycles. The largest absolute Gasteiger partial charge is 0.462 e. The van der Waals surface area contributed by atoms with Crippen molar-refractivity contribution in [2.45, 2.75) is 112 Å². The zero-order valence-electron chi connectivity index (χ0n) is 23.8. The zero-order chi connectivity index (χ0) is 27.1. The highest BCUT2D eigenvalue weighted by Crippen LogP contribution is 2.67. The van der Waals surface area contributed by atoms with Crippen LogP contribution in [0.4, 0.5) is 0 Å². The summed E-state index contributed by atoms with van der Waals surface area (Å²) in [6.45, 7) is 11.9. The second-order valence-electron chi connectivity index (χ2n) is 13.3. The van der Waals surface area contributed by atoms with Crippen molar-refractivity contribution in [3.8, 4) is 0 Å². The van der Waals surface area contributed by atoms with Gasteiger partial charge in [0.2, 0.25) is 0 Å². The van der Waals surface area contributed by atoms with Crippen LogP contribution in [0.3, 0.4) is 0 Å². The maximum absolute atomic E-state index is 13.4. The summed E-state index contributed by atoms with van der Waals surface area (Å²) in [5.41, 5.74) is 1.54. The number of fused-ring (bicyclic) bond motifs is 5. The van der Waals surface area contributed by atoms with Crippen molar-refractivity contribution in [2.24, 2.45) is 46.3 Å². The third-order valence-electron chi connectivity index (χ3n) is 11.0. The number of ether oxygens (including phenoxy) is 2. The normalized spacial score (nSPS) is 40.4. The van der Waals surface area contributed by atoms with Crippen LogP contribution in [0.5, 0.6) is 0 Å². The van der Waals surface area contributed by atoms with Crippen LogP contribution in [0.1, 0.15) is 99.3 Å². The van der Waals surface area contributed by atoms with Crippen molar-refractivity contribution in [2.75, 3.05) is 6.61 Å². The monoisotopic (exact) mass is 516 g/mol. The summed E-state index contributed by atoms with van der Waals surface area (Å²) in [6.07, 6.45) is 10.2. The van der Waals surface area contributed by atoms with E-state index in [-0.39, 0.29) is 65.1 Å². The highest BCUT2D eigenvalue weighted by molar-refractivity contribution is 5.81. The van der Waals surface area contributed by atoms with Gasteiger partial charge < -0.3 is 14.6 Å². The lowest BCUT2D eigenvalue weighted by atomic mass is 9.47. The number of ketones is 1. The number of carbonyl (C=O) groups excluding carboxylic acids is 3. The van der Waals surface area contributed by atoms with Crippen molar-refractivity contribution in [3.63, 3.8) is 0 Å². The third-order valence-corrected chi connectivity index (χ3v) is 11.0. The fraction of sp³-hybridized carbons (Fsp3) is 0.839. The molecule has 37 heavy (non-hydrogen) atoms. The number of rotatable bonds is 8. The van der Waals surface area contributed by atoms with Crippen molar-refractivity contribution in [1.82, 2.24) is 0 Å². The fourth-order valence-electron chi connectivity index (χ4n) is 9.13. The highest BCUT2D eigenvalue weighted by atomic mass is 16.5. The number of hydrogen-bond donors (Lipinski definition) is 1. The van der Waals surface area contributed by atoms with E-state index >= 15 is 0 Å². The quantitative estimate of drug-likeness (QED) is 0.331. The van der Waals surface area contributed by atoms with Gasteiger partial charge in [0.05, 0.1) is 0 Å². The topological polar surface area (TPSA) is 89.9 Å². The number of allylic oxidation sites excluding steroid dienone is 1. The molecule has 208 valence electrons. The molecule has 0 aromatic rings. The van der Waals surface area contributed by atoms with Gasteiger partial charge in [-0.15, -0.1) is 0 Å². The van der Waals surface area contributed by atoms with Gasteiger partial charge in [-0.05, 0) is 79.4 Å². The molecule has 10 atom stereocenters. The van der Waals surface area contributed by atoms with E-state index in [1.807, 2.05) is 13.8 Å². The number of Topliss-reactive ketones (excluding diaryl/α,β-unsaturated/α-hetero) is 1. The standard InChI is InChI=1S/C31H48O6/c1-18(17-32)7-10-27(35)19(2)29-28(37-21(4)34)16-26-24-9-8-22-15-23(36-20(3)33)11-13-30(22,5)25(24)12-14-31(26,29)6/h8,18-19,23-26,28-29,32H,7,9-17H2,1-6H3/t18-,19-,23+,24?,25+,26?,28+,29?,30+,31+/m1/s1. The minimum absolute atomic E-state index is 0.00754. The number of aliphatic hydroxyl groups is 1. The second-order valence-corrected chi connectivity index (χ2v) is 13.3. The molecule has 0 spiro atoms. The number of esters is 2. The number of carbonyl (C=O) groups is 3. The second kappa shape index (κ2) is 10.8. The molecule has 3 saturated carbocycles. The van der Waals surface area contributed by atoms with Gasteiger partial charge in [-0.2, -0.15) is 0 Å². The first-order valence-electron chi connectivity index (χ1n) is 14.6. The van der Waals surface area contributed by atoms with E-state index in [0.717, 1.165) is 44.9 Å². The van der Waals surface area contributed by atoms with Crippen molar-refractivity contribution < 1.29 is 29.0 Å². The number of aliphatic hydroxyl groups excluding tert-OH is 1. The molecule has 3 unspecified atom stereocenters. The van der Waals surface area contributed by atoms with Gasteiger partial charge in [0.1, 0.15) is 18.0 Å². The molecule has 0 amide bonds. The lowest BCUT2D eigenvalue weighted by Crippen LogP contribution is -2.51. The van der Waals surface area contributed by atoms with Crippen LogP contribution in [-0.2, 0) is 23.9 Å². The molecule has 3 fully saturated rings. The van der Waals surface area contributed by atoms with E-state index in [0.29, 0.717) is 30.6 Å². The van der Waals surface area contributed by atoms with Crippen LogP contribution in [0.25, 0.3) is 0 Å². The smallest absolute Gasteiger partial charge is 0.302 e. The van der Waals surface area contributed by atoms with Crippen molar-refractivity contribution >= 4 is 17.7 Å². The molecule has 0 aromatic carbocycles. The Hall–Kier alpha value is -1.69. The van der Waals surface area contributed by atoms with Crippen molar-refractivity contribution in [3.05, 3.63) is 11.6 Å². The first-order chi connectivity index (χ1) is 17.4. The molecule has 0 aliphatic heterocycles. The zero-order valence-corrected chi connectivity index (χ0v) is 23.8. The summed E-state index contributed by atoms with van der Waals surface area (Å²) >= 11 is 0. The van der Waals surface area contributed by atoms with E-state index in [1.165, 1.54) is 19.4 Å². The summed E-state index contributed by atoms with van der Waals surface area (Å²) in [5.74, 6) is 1.23. The van der Waals surface area contributed by atoms with Gasteiger partial charge in [0, 0.05) is 45.1 Å². The minimum Gasteiger partial charge on any atom is -0.462 e. The predicted molar refractivity (Wildman–Crippen MR) is 141 cm³/mol. The van der Waals surface area contributed by atoms with Crippen molar-refractivity contribution in [1.29, 1.82) is 0 Å². The minimum atomic E-state index is -0.260. The van der Waals surface area contributed by atoms with Crippen LogP contribution in [0.2, 0.25) is 0 Å². The average molecular weight is 517 g/mol. The molecule has 0 heterocycles. The van der Waals surface area contributed by atoms with Crippen LogP contribution in [0, 0.1) is 46.3 Å². The van der Waals surface area contributed by atoms with Gasteiger partial charge in [0.15, 0.2) is 0 Å². The fourth-order valence-corrected chi connectivity index (χ4v) is 9.13. The predicted octanol–water partition coefficient (Wildman–Crippen LogP) is 5.65. The molecule has 4 aliphatic rings. The van der Waals surface area contributed by atoms with Crippen LogP contribution in [-0.4, -0.2) is 41.6 Å². The molecule has 0 aromatic heterocycles. The lowest BCUT2D eigenvalue weighted by Gasteiger charge is -2.58. The maximum atomic E-state index is 13.4. The Bertz CT molecular complexity index is 925. The summed E-state index contributed by atoms with van der Waals surface area (Å²) in [7, 11) is 0. The summed E-state index contributed by atoms with van der Waals surface area (Å²) < 4.78 is 11.6. The molecule has 0 bridgehead atoms. The Balaban J connectivity index is 1.58. The van der Waals surface area contributed by atoms with Crippen LogP contribution < -0.4 is 0 Å². The van der Waals surface area contributed by atoms with E-state index in [1.54, 1.807) is 0 Å². The van der Waals surface area contributed by atoms with Crippen LogP contribution in [0.15, 0.2) is 11.6 Å². The first-order valence-corrected chi connectivity index (χ1v) is 14.6. The molecule has 1 N–H and O–H groups in total. The maximum Gasteiger partial charge on any atom is 0.302 e. The lowest BCUT2D eigenvalue weighted by molar-refractivity contribution is -0.153. The van der Waals surface area contributed by atoms with Gasteiger partial charge in [0.25, 0.3) is 0 Å². The molecule has 4 rings (SSSR count). The van der Waals surface area contributed by atoms with Crippen LogP contribution >= 0.6 is 0 Å². The third kappa shape index (κ3) is 5.29. The molecular formula is C31H48O6. The highest BCUT2D eigenvalue weighted by Gasteiger charge is 2.63. The molecular weight excluding hydrogens is 468 g/mol. The molecule has 0 radical (unpaired) electrons. The number of hydrogen-bond acceptors (Lipinski definition) is 6. The Morgan fingerprint density at radius 1 is 1.05 bits per heavy atom. The Morgan fingerprint density at radius 2 is 1.76 bits per heavy atom. The van der Waals surface area contributed by atoms with Gasteiger partial charge in [-0.3, -0.25) is 14.4 Å². The Labute approximate surface area is 222 Å². The van der Waals surface area contributed by atoms with E-state index in [4.69, 9.17) is 9.47 Å². The molecule has 4 aliphatic carbocycles. The van der Waals surface area contributed by atoms with Gasteiger partial charge in [-0.1, -0.05) is 39.3 Å². The molecule has 6 heteroatoms.